The Morgan fingerprint density at radius 2 is 2.05 bits per heavy atom. The van der Waals surface area contributed by atoms with Crippen LogP contribution in [0, 0.1) is 0 Å². The summed E-state index contributed by atoms with van der Waals surface area (Å²) in [6.07, 6.45) is 0.121. The third kappa shape index (κ3) is 4.61. The topological polar surface area (TPSA) is 65.0 Å². The molecule has 1 aromatic rings. The second kappa shape index (κ2) is 7.21. The molecular formula is C13H17ClO5. The third-order valence-corrected chi connectivity index (χ3v) is 2.54. The van der Waals surface area contributed by atoms with Crippen LogP contribution < -0.4 is 9.47 Å². The Morgan fingerprint density at radius 1 is 1.37 bits per heavy atom. The van der Waals surface area contributed by atoms with E-state index in [1.807, 2.05) is 13.8 Å². The molecule has 0 aliphatic carbocycles. The van der Waals surface area contributed by atoms with Crippen LogP contribution in [0.5, 0.6) is 11.5 Å². The number of aromatic carboxylic acids is 1. The Morgan fingerprint density at radius 3 is 2.58 bits per heavy atom. The van der Waals surface area contributed by atoms with E-state index >= 15 is 0 Å². The first-order chi connectivity index (χ1) is 8.95. The molecule has 1 N–H and O–H groups in total. The maximum Gasteiger partial charge on any atom is 0.335 e. The molecule has 1 rings (SSSR count). The first-order valence-electron chi connectivity index (χ1n) is 5.81. The van der Waals surface area contributed by atoms with Crippen LogP contribution in [0.15, 0.2) is 12.1 Å². The van der Waals surface area contributed by atoms with Gasteiger partial charge in [0.2, 0.25) is 0 Å². The van der Waals surface area contributed by atoms with Gasteiger partial charge in [-0.15, -0.1) is 0 Å². The molecule has 0 unspecified atom stereocenters. The zero-order valence-electron chi connectivity index (χ0n) is 11.1. The molecule has 0 fully saturated rings. The number of methoxy groups -OCH3 is 1. The van der Waals surface area contributed by atoms with Crippen LogP contribution in [0.3, 0.4) is 0 Å². The van der Waals surface area contributed by atoms with Crippen molar-refractivity contribution in [2.75, 3.05) is 20.3 Å². The Bertz CT molecular complexity index is 445. The number of benzene rings is 1. The average Bonchev–Trinajstić information content (AvgIpc) is 2.34. The molecule has 6 heteroatoms. The van der Waals surface area contributed by atoms with Gasteiger partial charge in [0.15, 0.2) is 11.5 Å². The highest BCUT2D eigenvalue weighted by atomic mass is 35.5. The number of rotatable bonds is 7. The quantitative estimate of drug-likeness (QED) is 0.782. The summed E-state index contributed by atoms with van der Waals surface area (Å²) in [5.74, 6) is -0.467. The molecule has 106 valence electrons. The number of halogens is 1. The lowest BCUT2D eigenvalue weighted by molar-refractivity contribution is 0.0546. The number of hydrogen-bond acceptors (Lipinski definition) is 4. The summed E-state index contributed by atoms with van der Waals surface area (Å²) in [7, 11) is 1.43. The standard InChI is InChI=1S/C13H17ClO5/c1-8(2)18-4-5-19-12-10(14)6-9(13(15)16)7-11(12)17-3/h6-8H,4-5H2,1-3H3,(H,15,16). The molecule has 0 heterocycles. The molecule has 0 saturated heterocycles. The predicted octanol–water partition coefficient (Wildman–Crippen LogP) is 2.85. The fraction of sp³-hybridized carbons (Fsp3) is 0.462. The number of carboxylic acids is 1. The van der Waals surface area contributed by atoms with E-state index in [1.165, 1.54) is 19.2 Å². The van der Waals surface area contributed by atoms with Crippen molar-refractivity contribution < 1.29 is 24.1 Å². The van der Waals surface area contributed by atoms with Crippen molar-refractivity contribution in [1.29, 1.82) is 0 Å². The minimum absolute atomic E-state index is 0.0487. The lowest BCUT2D eigenvalue weighted by Crippen LogP contribution is -2.12. The SMILES string of the molecule is COc1cc(C(=O)O)cc(Cl)c1OCCOC(C)C. The number of carboxylic acid groups (broad SMARTS) is 1. The van der Waals surface area contributed by atoms with E-state index in [4.69, 9.17) is 30.9 Å². The van der Waals surface area contributed by atoms with Gasteiger partial charge in [-0.25, -0.2) is 4.79 Å². The Kier molecular flexibility index (Phi) is 5.92. The van der Waals surface area contributed by atoms with Gasteiger partial charge in [-0.05, 0) is 26.0 Å². The van der Waals surface area contributed by atoms with Gasteiger partial charge < -0.3 is 19.3 Å². The van der Waals surface area contributed by atoms with Crippen molar-refractivity contribution in [3.63, 3.8) is 0 Å². The van der Waals surface area contributed by atoms with Crippen LogP contribution in [0.2, 0.25) is 5.02 Å². The van der Waals surface area contributed by atoms with E-state index in [2.05, 4.69) is 0 Å². The summed E-state index contributed by atoms with van der Waals surface area (Å²) < 4.78 is 15.9. The van der Waals surface area contributed by atoms with Crippen molar-refractivity contribution in [2.45, 2.75) is 20.0 Å². The Balaban J connectivity index is 2.79. The Hall–Kier alpha value is -1.46. The van der Waals surface area contributed by atoms with Gasteiger partial charge in [0.25, 0.3) is 0 Å². The van der Waals surface area contributed by atoms with Crippen molar-refractivity contribution in [3.05, 3.63) is 22.7 Å². The molecule has 19 heavy (non-hydrogen) atoms. The number of ether oxygens (including phenoxy) is 3. The van der Waals surface area contributed by atoms with E-state index < -0.39 is 5.97 Å². The van der Waals surface area contributed by atoms with Gasteiger partial charge in [0.05, 0.1) is 30.4 Å². The molecule has 0 aliphatic heterocycles. The molecule has 0 spiro atoms. The van der Waals surface area contributed by atoms with E-state index in [9.17, 15) is 4.79 Å². The fourth-order valence-electron chi connectivity index (χ4n) is 1.41. The van der Waals surface area contributed by atoms with Crippen molar-refractivity contribution in [1.82, 2.24) is 0 Å². The summed E-state index contributed by atoms with van der Waals surface area (Å²) in [5.41, 5.74) is 0.0487. The van der Waals surface area contributed by atoms with Crippen LogP contribution in [-0.4, -0.2) is 37.5 Å². The smallest absolute Gasteiger partial charge is 0.335 e. The third-order valence-electron chi connectivity index (χ3n) is 2.26. The average molecular weight is 289 g/mol. The Labute approximate surface area is 117 Å². The summed E-state index contributed by atoms with van der Waals surface area (Å²) in [6.45, 7) is 4.57. The number of carbonyl (C=O) groups is 1. The predicted molar refractivity (Wildman–Crippen MR) is 71.5 cm³/mol. The van der Waals surface area contributed by atoms with Crippen LogP contribution in [-0.2, 0) is 4.74 Å². The molecule has 1 aromatic carbocycles. The summed E-state index contributed by atoms with van der Waals surface area (Å²) in [6, 6.07) is 2.69. The zero-order chi connectivity index (χ0) is 14.4. The van der Waals surface area contributed by atoms with Crippen molar-refractivity contribution in [3.8, 4) is 11.5 Å². The largest absolute Gasteiger partial charge is 0.493 e. The molecule has 0 radical (unpaired) electrons. The van der Waals surface area contributed by atoms with Crippen LogP contribution in [0.1, 0.15) is 24.2 Å². The van der Waals surface area contributed by atoms with Gasteiger partial charge in [0.1, 0.15) is 6.61 Å². The van der Waals surface area contributed by atoms with Gasteiger partial charge in [-0.2, -0.15) is 0 Å². The fourth-order valence-corrected chi connectivity index (χ4v) is 1.68. The molecule has 0 aromatic heterocycles. The molecule has 0 aliphatic rings. The first kappa shape index (κ1) is 15.6. The molecule has 0 amide bonds. The summed E-state index contributed by atoms with van der Waals surface area (Å²) >= 11 is 5.99. The van der Waals surface area contributed by atoms with Gasteiger partial charge in [-0.1, -0.05) is 11.6 Å². The normalized spacial score (nSPS) is 10.6. The van der Waals surface area contributed by atoms with Crippen molar-refractivity contribution >= 4 is 17.6 Å². The van der Waals surface area contributed by atoms with Crippen LogP contribution >= 0.6 is 11.6 Å². The van der Waals surface area contributed by atoms with E-state index in [0.717, 1.165) is 0 Å². The zero-order valence-corrected chi connectivity index (χ0v) is 11.9. The molecule has 0 bridgehead atoms. The molecule has 0 atom stereocenters. The van der Waals surface area contributed by atoms with E-state index in [0.29, 0.717) is 19.0 Å². The lowest BCUT2D eigenvalue weighted by Gasteiger charge is -2.14. The molecule has 0 saturated carbocycles. The maximum absolute atomic E-state index is 10.9. The van der Waals surface area contributed by atoms with E-state index in [-0.39, 0.29) is 22.4 Å². The highest BCUT2D eigenvalue weighted by Crippen LogP contribution is 2.36. The highest BCUT2D eigenvalue weighted by molar-refractivity contribution is 6.32. The first-order valence-corrected chi connectivity index (χ1v) is 6.18. The van der Waals surface area contributed by atoms with Gasteiger partial charge >= 0.3 is 5.97 Å². The summed E-state index contributed by atoms with van der Waals surface area (Å²) in [5, 5.41) is 9.12. The number of hydrogen-bond donors (Lipinski definition) is 1. The lowest BCUT2D eigenvalue weighted by atomic mass is 10.2. The molecule has 5 nitrogen and oxygen atoms in total. The van der Waals surface area contributed by atoms with E-state index in [1.54, 1.807) is 0 Å². The minimum atomic E-state index is -1.07. The highest BCUT2D eigenvalue weighted by Gasteiger charge is 2.15. The van der Waals surface area contributed by atoms with Crippen LogP contribution in [0.4, 0.5) is 0 Å². The summed E-state index contributed by atoms with van der Waals surface area (Å²) in [4.78, 5) is 10.9. The second-order valence-electron chi connectivity index (χ2n) is 4.06. The maximum atomic E-state index is 10.9. The monoisotopic (exact) mass is 288 g/mol. The minimum Gasteiger partial charge on any atom is -0.493 e. The van der Waals surface area contributed by atoms with Gasteiger partial charge in [0, 0.05) is 0 Å². The van der Waals surface area contributed by atoms with Gasteiger partial charge in [-0.3, -0.25) is 0 Å². The van der Waals surface area contributed by atoms with Crippen molar-refractivity contribution in [2.24, 2.45) is 0 Å². The molecular weight excluding hydrogens is 272 g/mol. The van der Waals surface area contributed by atoms with Crippen LogP contribution in [0.25, 0.3) is 0 Å². The second-order valence-corrected chi connectivity index (χ2v) is 4.47.